The molecule has 1 N–H and O–H groups in total. The molecule has 1 spiro atoms. The van der Waals surface area contributed by atoms with Crippen LogP contribution in [0.5, 0.6) is 0 Å². The molecule has 5 nitrogen and oxygen atoms in total. The Labute approximate surface area is 172 Å². The van der Waals surface area contributed by atoms with Gasteiger partial charge >= 0.3 is 12.2 Å². The molecular formula is C22H22F3N3O2. The van der Waals surface area contributed by atoms with Gasteiger partial charge in [0.15, 0.2) is 0 Å². The number of piperidine rings is 1. The number of benzene rings is 2. The first-order chi connectivity index (χ1) is 14.2. The van der Waals surface area contributed by atoms with E-state index in [1.807, 2.05) is 31.3 Å². The second kappa shape index (κ2) is 7.34. The number of fused-ring (bicyclic) bond motifs is 1. The van der Waals surface area contributed by atoms with Crippen LogP contribution >= 0.6 is 0 Å². The third kappa shape index (κ3) is 3.62. The number of anilines is 1. The molecule has 0 unspecified atom stereocenters. The van der Waals surface area contributed by atoms with Gasteiger partial charge in [-0.25, -0.2) is 4.79 Å². The fourth-order valence-electron chi connectivity index (χ4n) is 4.34. The molecule has 2 aliphatic heterocycles. The Balaban J connectivity index is 1.41. The lowest BCUT2D eigenvalue weighted by atomic mass is 9.76. The summed E-state index contributed by atoms with van der Waals surface area (Å²) in [6, 6.07) is 11.6. The summed E-state index contributed by atoms with van der Waals surface area (Å²) in [4.78, 5) is 28.8. The first kappa shape index (κ1) is 20.3. The molecule has 2 heterocycles. The highest BCUT2D eigenvalue weighted by Crippen LogP contribution is 2.37. The number of hydrogen-bond donors (Lipinski definition) is 1. The van der Waals surface area contributed by atoms with Crippen LogP contribution < -0.4 is 5.32 Å². The summed E-state index contributed by atoms with van der Waals surface area (Å²) in [7, 11) is 1.82. The van der Waals surface area contributed by atoms with Gasteiger partial charge in [-0.1, -0.05) is 18.2 Å². The molecule has 30 heavy (non-hydrogen) atoms. The summed E-state index contributed by atoms with van der Waals surface area (Å²) in [6.45, 7) is 0.929. The Bertz CT molecular complexity index is 964. The standard InChI is InChI=1S/C22H22F3N3O2/c1-27-19(29)18-5-3-2-4-15(18)14-21(27)10-12-28(13-11-21)20(30)26-17-8-6-16(7-9-17)22(23,24)25/h2-9H,10-14H2,1H3,(H,26,30). The first-order valence-corrected chi connectivity index (χ1v) is 9.79. The molecule has 2 aromatic carbocycles. The van der Waals surface area contributed by atoms with Gasteiger partial charge in [0.05, 0.1) is 11.1 Å². The highest BCUT2D eigenvalue weighted by molar-refractivity contribution is 5.97. The van der Waals surface area contributed by atoms with Crippen LogP contribution in [0.15, 0.2) is 48.5 Å². The highest BCUT2D eigenvalue weighted by Gasteiger charge is 2.45. The summed E-state index contributed by atoms with van der Waals surface area (Å²) in [5, 5.41) is 2.66. The van der Waals surface area contributed by atoms with Crippen LogP contribution in [-0.4, -0.2) is 47.4 Å². The van der Waals surface area contributed by atoms with Crippen LogP contribution in [0.4, 0.5) is 23.7 Å². The quantitative estimate of drug-likeness (QED) is 0.748. The summed E-state index contributed by atoms with van der Waals surface area (Å²) < 4.78 is 38.0. The van der Waals surface area contributed by atoms with Gasteiger partial charge in [-0.15, -0.1) is 0 Å². The lowest BCUT2D eigenvalue weighted by Crippen LogP contribution is -2.60. The molecule has 1 saturated heterocycles. The molecule has 0 radical (unpaired) electrons. The van der Waals surface area contributed by atoms with Gasteiger partial charge in [0.25, 0.3) is 5.91 Å². The maximum Gasteiger partial charge on any atom is 0.416 e. The van der Waals surface area contributed by atoms with Gasteiger partial charge < -0.3 is 15.1 Å². The van der Waals surface area contributed by atoms with Crippen molar-refractivity contribution in [3.8, 4) is 0 Å². The minimum Gasteiger partial charge on any atom is -0.336 e. The van der Waals surface area contributed by atoms with Crippen LogP contribution in [0.2, 0.25) is 0 Å². The number of alkyl halides is 3. The molecule has 0 aliphatic carbocycles. The monoisotopic (exact) mass is 417 g/mol. The second-order valence-corrected chi connectivity index (χ2v) is 7.91. The zero-order chi connectivity index (χ0) is 21.5. The average molecular weight is 417 g/mol. The third-order valence-electron chi connectivity index (χ3n) is 6.23. The molecule has 1 fully saturated rings. The van der Waals surface area contributed by atoms with Crippen molar-refractivity contribution in [3.63, 3.8) is 0 Å². The Hall–Kier alpha value is -3.03. The number of hydrogen-bond acceptors (Lipinski definition) is 2. The fraction of sp³-hybridized carbons (Fsp3) is 0.364. The first-order valence-electron chi connectivity index (χ1n) is 9.79. The number of carbonyl (C=O) groups is 2. The van der Waals surface area contributed by atoms with Crippen molar-refractivity contribution in [1.82, 2.24) is 9.80 Å². The normalized spacial score (nSPS) is 18.3. The Morgan fingerprint density at radius 2 is 1.67 bits per heavy atom. The van der Waals surface area contributed by atoms with Crippen LogP contribution in [0.3, 0.4) is 0 Å². The van der Waals surface area contributed by atoms with Crippen molar-refractivity contribution in [2.45, 2.75) is 31.0 Å². The van der Waals surface area contributed by atoms with E-state index in [2.05, 4.69) is 5.32 Å². The van der Waals surface area contributed by atoms with Crippen molar-refractivity contribution < 1.29 is 22.8 Å². The van der Waals surface area contributed by atoms with E-state index in [1.165, 1.54) is 12.1 Å². The fourth-order valence-corrected chi connectivity index (χ4v) is 4.34. The Morgan fingerprint density at radius 3 is 2.30 bits per heavy atom. The number of likely N-dealkylation sites (tertiary alicyclic amines) is 1. The largest absolute Gasteiger partial charge is 0.416 e. The van der Waals surface area contributed by atoms with Crippen LogP contribution in [0.1, 0.15) is 34.3 Å². The lowest BCUT2D eigenvalue weighted by molar-refractivity contribution is -0.137. The van der Waals surface area contributed by atoms with Crippen LogP contribution in [-0.2, 0) is 12.6 Å². The smallest absolute Gasteiger partial charge is 0.336 e. The van der Waals surface area contributed by atoms with E-state index in [1.54, 1.807) is 9.80 Å². The van der Waals surface area contributed by atoms with Crippen LogP contribution in [0.25, 0.3) is 0 Å². The van der Waals surface area contributed by atoms with E-state index in [9.17, 15) is 22.8 Å². The zero-order valence-corrected chi connectivity index (χ0v) is 16.5. The molecule has 2 aliphatic rings. The number of nitrogens with zero attached hydrogens (tertiary/aromatic N) is 2. The van der Waals surface area contributed by atoms with Gasteiger partial charge in [0, 0.05) is 31.4 Å². The summed E-state index contributed by atoms with van der Waals surface area (Å²) in [5.74, 6) is -0.000457. The molecular weight excluding hydrogens is 395 g/mol. The number of nitrogens with one attached hydrogen (secondary N) is 1. The van der Waals surface area contributed by atoms with E-state index >= 15 is 0 Å². The van der Waals surface area contributed by atoms with E-state index in [0.29, 0.717) is 31.6 Å². The highest BCUT2D eigenvalue weighted by atomic mass is 19.4. The van der Waals surface area contributed by atoms with E-state index in [-0.39, 0.29) is 17.5 Å². The van der Waals surface area contributed by atoms with E-state index in [4.69, 9.17) is 0 Å². The summed E-state index contributed by atoms with van der Waals surface area (Å²) >= 11 is 0. The van der Waals surface area contributed by atoms with Gasteiger partial charge in [0.2, 0.25) is 0 Å². The maximum atomic E-state index is 12.8. The third-order valence-corrected chi connectivity index (χ3v) is 6.23. The predicted octanol–water partition coefficient (Wildman–Crippen LogP) is 4.40. The zero-order valence-electron chi connectivity index (χ0n) is 16.5. The molecule has 158 valence electrons. The molecule has 4 rings (SSSR count). The summed E-state index contributed by atoms with van der Waals surface area (Å²) in [5.41, 5.74) is 0.991. The Kier molecular flexibility index (Phi) is 4.95. The molecule has 0 bridgehead atoms. The van der Waals surface area contributed by atoms with Gasteiger partial charge in [-0.3, -0.25) is 4.79 Å². The lowest BCUT2D eigenvalue weighted by Gasteiger charge is -2.50. The number of amides is 3. The number of carbonyl (C=O) groups excluding carboxylic acids is 2. The van der Waals surface area contributed by atoms with E-state index < -0.39 is 11.7 Å². The van der Waals surface area contributed by atoms with Gasteiger partial charge in [-0.2, -0.15) is 13.2 Å². The van der Waals surface area contributed by atoms with Gasteiger partial charge in [0.1, 0.15) is 0 Å². The van der Waals surface area contributed by atoms with Crippen LogP contribution in [0, 0.1) is 0 Å². The molecule has 2 aromatic rings. The number of rotatable bonds is 1. The maximum absolute atomic E-state index is 12.8. The number of likely N-dealkylation sites (N-methyl/N-ethyl adjacent to an activating group) is 1. The SMILES string of the molecule is CN1C(=O)c2ccccc2CC12CCN(C(=O)Nc1ccc(C(F)(F)F)cc1)CC2. The predicted molar refractivity (Wildman–Crippen MR) is 106 cm³/mol. The van der Waals surface area contributed by atoms with Gasteiger partial charge in [-0.05, 0) is 55.2 Å². The average Bonchev–Trinajstić information content (AvgIpc) is 2.72. The van der Waals surface area contributed by atoms with Crippen molar-refractivity contribution in [1.29, 1.82) is 0 Å². The van der Waals surface area contributed by atoms with E-state index in [0.717, 1.165) is 29.7 Å². The molecule has 0 atom stereocenters. The minimum absolute atomic E-state index is 0.000457. The number of halogens is 3. The number of urea groups is 1. The summed E-state index contributed by atoms with van der Waals surface area (Å²) in [6.07, 6.45) is -2.38. The molecule has 3 amide bonds. The second-order valence-electron chi connectivity index (χ2n) is 7.91. The van der Waals surface area contributed by atoms with Crippen molar-refractivity contribution in [2.24, 2.45) is 0 Å². The minimum atomic E-state index is -4.41. The molecule has 0 aromatic heterocycles. The molecule has 0 saturated carbocycles. The molecule has 8 heteroatoms. The van der Waals surface area contributed by atoms with Crippen molar-refractivity contribution in [3.05, 3.63) is 65.2 Å². The van der Waals surface area contributed by atoms with Crippen molar-refractivity contribution >= 4 is 17.6 Å². The van der Waals surface area contributed by atoms with Crippen molar-refractivity contribution in [2.75, 3.05) is 25.5 Å². The topological polar surface area (TPSA) is 52.7 Å². The Morgan fingerprint density at radius 1 is 1.03 bits per heavy atom.